The lowest BCUT2D eigenvalue weighted by molar-refractivity contribution is -0.0588. The van der Waals surface area contributed by atoms with Crippen molar-refractivity contribution in [3.63, 3.8) is 0 Å². The van der Waals surface area contributed by atoms with Gasteiger partial charge in [-0.2, -0.15) is 0 Å². The van der Waals surface area contributed by atoms with Gasteiger partial charge in [-0.15, -0.1) is 6.58 Å². The predicted molar refractivity (Wildman–Crippen MR) is 124 cm³/mol. The van der Waals surface area contributed by atoms with Gasteiger partial charge in [0.1, 0.15) is 11.4 Å². The molecule has 1 fully saturated rings. The van der Waals surface area contributed by atoms with Crippen molar-refractivity contribution >= 4 is 6.09 Å². The second-order valence-corrected chi connectivity index (χ2v) is 8.04. The molecule has 1 aliphatic heterocycles. The number of halogens is 1. The summed E-state index contributed by atoms with van der Waals surface area (Å²) in [6.45, 7) is 6.28. The topological polar surface area (TPSA) is 62.4 Å². The molecule has 2 aromatic carbocycles. The lowest BCUT2D eigenvalue weighted by atomic mass is 9.85. The van der Waals surface area contributed by atoms with E-state index in [1.54, 1.807) is 35.4 Å². The van der Waals surface area contributed by atoms with Crippen LogP contribution >= 0.6 is 0 Å². The fourth-order valence-electron chi connectivity index (χ4n) is 4.20. The summed E-state index contributed by atoms with van der Waals surface area (Å²) in [5.41, 5.74) is 2.65. The quantitative estimate of drug-likeness (QED) is 0.499. The molecule has 0 bridgehead atoms. The van der Waals surface area contributed by atoms with E-state index in [-0.39, 0.29) is 18.8 Å². The van der Waals surface area contributed by atoms with Crippen molar-refractivity contribution in [2.45, 2.75) is 31.4 Å². The van der Waals surface area contributed by atoms with Crippen LogP contribution in [0.1, 0.15) is 38.4 Å². The Labute approximate surface area is 187 Å². The van der Waals surface area contributed by atoms with Gasteiger partial charge in [-0.05, 0) is 47.4 Å². The van der Waals surface area contributed by atoms with Crippen molar-refractivity contribution in [2.75, 3.05) is 6.54 Å². The molecule has 1 aromatic heterocycles. The highest BCUT2D eigenvalue weighted by atomic mass is 19.1. The third-order valence-electron chi connectivity index (χ3n) is 6.10. The number of ether oxygens (including phenoxy) is 1. The van der Waals surface area contributed by atoms with Crippen LogP contribution < -0.4 is 5.56 Å². The van der Waals surface area contributed by atoms with Crippen LogP contribution in [0.2, 0.25) is 0 Å². The number of aromatic nitrogens is 1. The van der Waals surface area contributed by atoms with Gasteiger partial charge >= 0.3 is 6.09 Å². The van der Waals surface area contributed by atoms with Gasteiger partial charge in [0.05, 0.1) is 6.04 Å². The second-order valence-electron chi connectivity index (χ2n) is 8.04. The maximum atomic E-state index is 13.4. The highest BCUT2D eigenvalue weighted by Crippen LogP contribution is 2.40. The molecular formula is C26H27FN2O3. The van der Waals surface area contributed by atoms with Crippen molar-refractivity contribution in [1.82, 2.24) is 9.88 Å². The second kappa shape index (κ2) is 8.83. The lowest BCUT2D eigenvalue weighted by Gasteiger charge is -2.43. The van der Waals surface area contributed by atoms with E-state index in [2.05, 4.69) is 11.6 Å². The number of nitrogens with zero attached hydrogens (tertiary/aromatic N) is 1. The molecule has 1 saturated heterocycles. The fraction of sp³-hybridized carbons (Fsp3) is 0.231. The van der Waals surface area contributed by atoms with Gasteiger partial charge in [0, 0.05) is 33.1 Å². The number of rotatable bonds is 6. The largest absolute Gasteiger partial charge is 0.437 e. The van der Waals surface area contributed by atoms with Crippen molar-refractivity contribution in [2.24, 2.45) is 0 Å². The summed E-state index contributed by atoms with van der Waals surface area (Å²) >= 11 is 0. The number of hydrogen-bond acceptors (Lipinski definition) is 3. The highest BCUT2D eigenvalue weighted by molar-refractivity contribution is 5.70. The Morgan fingerprint density at radius 3 is 2.41 bits per heavy atom. The van der Waals surface area contributed by atoms with Crippen LogP contribution in [0.25, 0.3) is 11.1 Å². The number of H-pyrrole nitrogens is 1. The summed E-state index contributed by atoms with van der Waals surface area (Å²) in [4.78, 5) is 28.7. The summed E-state index contributed by atoms with van der Waals surface area (Å²) < 4.78 is 19.4. The highest BCUT2D eigenvalue weighted by Gasteiger charge is 2.42. The van der Waals surface area contributed by atoms with Crippen molar-refractivity contribution < 1.29 is 15.3 Å². The Bertz CT molecular complexity index is 1160. The molecule has 0 aliphatic carbocycles. The zero-order valence-electron chi connectivity index (χ0n) is 17.9. The van der Waals surface area contributed by atoms with E-state index in [1.807, 2.05) is 31.2 Å². The van der Waals surface area contributed by atoms with Crippen molar-refractivity contribution in [3.8, 4) is 11.1 Å². The van der Waals surface area contributed by atoms with E-state index in [0.29, 0.717) is 19.4 Å². The Morgan fingerprint density at radius 1 is 1.12 bits per heavy atom. The van der Waals surface area contributed by atoms with E-state index in [1.165, 1.54) is 18.2 Å². The predicted octanol–water partition coefficient (Wildman–Crippen LogP) is 5.80. The minimum atomic E-state index is -0.836. The summed E-state index contributed by atoms with van der Waals surface area (Å²) in [6, 6.07) is 17.1. The van der Waals surface area contributed by atoms with E-state index >= 15 is 0 Å². The molecule has 0 radical (unpaired) electrons. The van der Waals surface area contributed by atoms with Gasteiger partial charge in [-0.1, -0.05) is 42.5 Å². The zero-order chi connectivity index (χ0) is 22.7. The molecule has 2 heterocycles. The molecule has 0 unspecified atom stereocenters. The van der Waals surface area contributed by atoms with Crippen LogP contribution in [0.3, 0.4) is 0 Å². The number of aromatic amines is 1. The summed E-state index contributed by atoms with van der Waals surface area (Å²) in [5, 5.41) is 0. The molecule has 5 nitrogen and oxygen atoms in total. The Kier molecular flexibility index (Phi) is 5.95. The van der Waals surface area contributed by atoms with Gasteiger partial charge in [0.25, 0.3) is 0 Å². The molecule has 32 heavy (non-hydrogen) atoms. The van der Waals surface area contributed by atoms with E-state index in [4.69, 9.17) is 4.74 Å². The number of cyclic esters (lactones) is 1. The first-order valence-electron chi connectivity index (χ1n) is 10.6. The summed E-state index contributed by atoms with van der Waals surface area (Å²) in [6.07, 6.45) is 4.04. The molecule has 0 saturated carbocycles. The minimum absolute atomic E-state index is 0. The molecule has 166 valence electrons. The van der Waals surface area contributed by atoms with Crippen LogP contribution in [0.5, 0.6) is 0 Å². The molecule has 1 aliphatic rings. The van der Waals surface area contributed by atoms with Crippen LogP contribution in [0, 0.1) is 5.82 Å². The van der Waals surface area contributed by atoms with E-state index in [0.717, 1.165) is 22.3 Å². The number of carbonyl (C=O) groups excluding carboxylic acids is 1. The molecular weight excluding hydrogens is 407 g/mol. The van der Waals surface area contributed by atoms with Crippen LogP contribution in [-0.4, -0.2) is 22.5 Å². The molecule has 4 rings (SSSR count). The Balaban J connectivity index is 0.00000306. The molecule has 2 atom stereocenters. The molecule has 1 N–H and O–H groups in total. The lowest BCUT2D eigenvalue weighted by Crippen LogP contribution is -2.48. The standard InChI is InChI=1S/C26H25FN2O3.H2/c1-3-14-26(22-9-11-23(27)12-10-22)15-16-29(25(31)32-26)18(2)19-4-6-20(7-5-19)21-8-13-24(30)28-17-21;/h3-13,17-18H,1,14-16H2,2H3,(H,28,30);1H/t18-,26+;/m0./s1. The van der Waals surface area contributed by atoms with Crippen LogP contribution in [0.15, 0.2) is 84.3 Å². The van der Waals surface area contributed by atoms with E-state index in [9.17, 15) is 14.0 Å². The third kappa shape index (κ3) is 4.21. The number of hydrogen-bond donors (Lipinski definition) is 1. The van der Waals surface area contributed by atoms with Crippen LogP contribution in [-0.2, 0) is 10.3 Å². The first kappa shape index (κ1) is 21.6. The zero-order valence-corrected chi connectivity index (χ0v) is 17.9. The smallest absolute Gasteiger partial charge is 0.411 e. The van der Waals surface area contributed by atoms with E-state index < -0.39 is 11.7 Å². The molecule has 3 aromatic rings. The first-order chi connectivity index (χ1) is 15.4. The number of benzene rings is 2. The average molecular weight is 435 g/mol. The number of pyridine rings is 1. The molecule has 0 spiro atoms. The first-order valence-corrected chi connectivity index (χ1v) is 10.6. The van der Waals surface area contributed by atoms with Gasteiger partial charge in [-0.3, -0.25) is 4.79 Å². The number of nitrogens with one attached hydrogen (secondary N) is 1. The Hall–Kier alpha value is -3.67. The normalized spacial score (nSPS) is 19.3. The molecule has 6 heteroatoms. The fourth-order valence-corrected chi connectivity index (χ4v) is 4.20. The summed E-state index contributed by atoms with van der Waals surface area (Å²) in [5.74, 6) is -0.329. The van der Waals surface area contributed by atoms with Crippen molar-refractivity contribution in [3.05, 3.63) is 107 Å². The molecule has 1 amide bonds. The van der Waals surface area contributed by atoms with Crippen molar-refractivity contribution in [1.29, 1.82) is 0 Å². The maximum Gasteiger partial charge on any atom is 0.411 e. The average Bonchev–Trinajstić information content (AvgIpc) is 2.80. The van der Waals surface area contributed by atoms with Gasteiger partial charge < -0.3 is 14.6 Å². The Morgan fingerprint density at radius 2 is 1.81 bits per heavy atom. The maximum absolute atomic E-state index is 13.4. The number of carbonyl (C=O) groups is 1. The SMILES string of the molecule is C=CC[C@]1(c2ccc(F)cc2)CCN([C@@H](C)c2ccc(-c3ccc(=O)[nH]c3)cc2)C(=O)O1.[HH]. The minimum Gasteiger partial charge on any atom is -0.437 e. The summed E-state index contributed by atoms with van der Waals surface area (Å²) in [7, 11) is 0. The van der Waals surface area contributed by atoms with Gasteiger partial charge in [0.2, 0.25) is 5.56 Å². The van der Waals surface area contributed by atoms with Crippen LogP contribution in [0.4, 0.5) is 9.18 Å². The number of amides is 1. The van der Waals surface area contributed by atoms with Gasteiger partial charge in [-0.25, -0.2) is 9.18 Å². The monoisotopic (exact) mass is 434 g/mol. The van der Waals surface area contributed by atoms with Gasteiger partial charge in [0.15, 0.2) is 0 Å². The third-order valence-corrected chi connectivity index (χ3v) is 6.10.